The third kappa shape index (κ3) is 3.38. The lowest BCUT2D eigenvalue weighted by atomic mass is 9.99. The van der Waals surface area contributed by atoms with Gasteiger partial charge in [-0.2, -0.15) is 5.10 Å². The van der Waals surface area contributed by atoms with Crippen LogP contribution in [0.5, 0.6) is 0 Å². The van der Waals surface area contributed by atoms with Crippen molar-refractivity contribution >= 4 is 5.91 Å². The van der Waals surface area contributed by atoms with Gasteiger partial charge in [-0.15, -0.1) is 0 Å². The summed E-state index contributed by atoms with van der Waals surface area (Å²) >= 11 is 0. The van der Waals surface area contributed by atoms with Crippen LogP contribution in [0.1, 0.15) is 53.1 Å². The van der Waals surface area contributed by atoms with Crippen LogP contribution >= 0.6 is 0 Å². The third-order valence-corrected chi connectivity index (χ3v) is 5.32. The van der Waals surface area contributed by atoms with Gasteiger partial charge in [0.25, 0.3) is 5.91 Å². The molecule has 1 amide bonds. The molecule has 1 aliphatic heterocycles. The molecule has 0 N–H and O–H groups in total. The summed E-state index contributed by atoms with van der Waals surface area (Å²) in [6.45, 7) is 6.81. The fraction of sp³-hybridized carbons (Fsp3) is 0.550. The number of nitrogens with zero attached hydrogens (tertiary/aromatic N) is 4. The molecule has 6 heteroatoms. The van der Waals surface area contributed by atoms with Crippen molar-refractivity contribution in [2.24, 2.45) is 5.92 Å². The van der Waals surface area contributed by atoms with Gasteiger partial charge in [0.2, 0.25) is 0 Å². The van der Waals surface area contributed by atoms with Crippen molar-refractivity contribution < 1.29 is 9.53 Å². The van der Waals surface area contributed by atoms with Crippen LogP contribution in [0.25, 0.3) is 0 Å². The number of pyridine rings is 1. The van der Waals surface area contributed by atoms with E-state index in [0.717, 1.165) is 31.0 Å². The van der Waals surface area contributed by atoms with Gasteiger partial charge in [0.1, 0.15) is 0 Å². The minimum absolute atomic E-state index is 0.0204. The predicted octanol–water partition coefficient (Wildman–Crippen LogP) is 2.77. The van der Waals surface area contributed by atoms with Gasteiger partial charge >= 0.3 is 0 Å². The summed E-state index contributed by atoms with van der Waals surface area (Å²) in [5, 5.41) is 4.51. The first kappa shape index (κ1) is 17.2. The van der Waals surface area contributed by atoms with Crippen LogP contribution in [-0.2, 0) is 17.7 Å². The van der Waals surface area contributed by atoms with E-state index >= 15 is 0 Å². The molecule has 0 aromatic carbocycles. The number of hydrogen-bond acceptors (Lipinski definition) is 4. The van der Waals surface area contributed by atoms with Crippen LogP contribution < -0.4 is 0 Å². The van der Waals surface area contributed by atoms with E-state index in [4.69, 9.17) is 4.74 Å². The first-order valence-corrected chi connectivity index (χ1v) is 9.53. The molecule has 0 saturated heterocycles. The highest BCUT2D eigenvalue weighted by Crippen LogP contribution is 2.33. The Bertz CT molecular complexity index is 766. The van der Waals surface area contributed by atoms with Gasteiger partial charge < -0.3 is 9.64 Å². The zero-order valence-corrected chi connectivity index (χ0v) is 15.5. The van der Waals surface area contributed by atoms with E-state index in [9.17, 15) is 4.79 Å². The van der Waals surface area contributed by atoms with Crippen molar-refractivity contribution in [2.45, 2.75) is 45.7 Å². The summed E-state index contributed by atoms with van der Waals surface area (Å²) in [4.78, 5) is 19.4. The van der Waals surface area contributed by atoms with Crippen LogP contribution in [-0.4, -0.2) is 45.3 Å². The van der Waals surface area contributed by atoms with Crippen molar-refractivity contribution in [3.05, 3.63) is 47.0 Å². The standard InChI is InChI=1S/C20H26N4O2/c1-3-24-19-16(11-22-24)8-9-23(18(19)13-26-12-15-5-6-15)20(25)17-7-4-14(2)21-10-17/h4,7,10-11,15,18H,3,5-6,8-9,12-13H2,1-2H3/t18-/m0/s1. The molecular formula is C20H26N4O2. The fourth-order valence-electron chi connectivity index (χ4n) is 3.61. The van der Waals surface area contributed by atoms with E-state index in [1.165, 1.54) is 18.4 Å². The number of fused-ring (bicyclic) bond motifs is 1. The Kier molecular flexibility index (Phi) is 4.76. The molecule has 1 saturated carbocycles. The second-order valence-electron chi connectivity index (χ2n) is 7.30. The lowest BCUT2D eigenvalue weighted by Gasteiger charge is -2.36. The molecule has 0 spiro atoms. The summed E-state index contributed by atoms with van der Waals surface area (Å²) in [7, 11) is 0. The zero-order valence-electron chi connectivity index (χ0n) is 15.5. The van der Waals surface area contributed by atoms with Crippen molar-refractivity contribution in [2.75, 3.05) is 19.8 Å². The molecule has 0 unspecified atom stereocenters. The Hall–Kier alpha value is -2.21. The van der Waals surface area contributed by atoms with E-state index in [1.807, 2.05) is 34.8 Å². The number of aryl methyl sites for hydroxylation is 2. The minimum Gasteiger partial charge on any atom is -0.379 e. The average molecular weight is 354 g/mol. The number of carbonyl (C=O) groups excluding carboxylic acids is 1. The van der Waals surface area contributed by atoms with Crippen LogP contribution in [0, 0.1) is 12.8 Å². The first-order valence-electron chi connectivity index (χ1n) is 9.53. The predicted molar refractivity (Wildman–Crippen MR) is 97.9 cm³/mol. The van der Waals surface area contributed by atoms with Gasteiger partial charge in [-0.05, 0) is 56.7 Å². The number of ether oxygens (including phenoxy) is 1. The van der Waals surface area contributed by atoms with E-state index in [0.29, 0.717) is 24.6 Å². The Labute approximate surface area is 154 Å². The normalized spacial score (nSPS) is 19.5. The van der Waals surface area contributed by atoms with Gasteiger partial charge in [-0.1, -0.05) is 0 Å². The maximum atomic E-state index is 13.2. The molecule has 1 aliphatic carbocycles. The number of carbonyl (C=O) groups is 1. The Morgan fingerprint density at radius 2 is 2.12 bits per heavy atom. The molecule has 2 aromatic rings. The summed E-state index contributed by atoms with van der Waals surface area (Å²) < 4.78 is 8.01. The molecule has 3 heterocycles. The largest absolute Gasteiger partial charge is 0.379 e. The SMILES string of the molecule is CCn1ncc2c1[C@H](COCC1CC1)N(C(=O)c1ccc(C)nc1)CC2. The van der Waals surface area contributed by atoms with Crippen LogP contribution in [0.3, 0.4) is 0 Å². The maximum absolute atomic E-state index is 13.2. The van der Waals surface area contributed by atoms with Crippen molar-refractivity contribution in [1.29, 1.82) is 0 Å². The maximum Gasteiger partial charge on any atom is 0.256 e. The highest BCUT2D eigenvalue weighted by atomic mass is 16.5. The molecule has 6 nitrogen and oxygen atoms in total. The highest BCUT2D eigenvalue weighted by Gasteiger charge is 2.35. The Morgan fingerprint density at radius 3 is 2.81 bits per heavy atom. The van der Waals surface area contributed by atoms with E-state index in [2.05, 4.69) is 17.0 Å². The van der Waals surface area contributed by atoms with Crippen LogP contribution in [0.4, 0.5) is 0 Å². The van der Waals surface area contributed by atoms with E-state index in [1.54, 1.807) is 6.20 Å². The number of rotatable bonds is 6. The first-order chi connectivity index (χ1) is 12.7. The molecular weight excluding hydrogens is 328 g/mol. The van der Waals surface area contributed by atoms with Crippen LogP contribution in [0.15, 0.2) is 24.5 Å². The monoisotopic (exact) mass is 354 g/mol. The second-order valence-corrected chi connectivity index (χ2v) is 7.30. The van der Waals surface area contributed by atoms with Gasteiger partial charge in [0.05, 0.1) is 30.1 Å². The zero-order chi connectivity index (χ0) is 18.1. The number of amides is 1. The van der Waals surface area contributed by atoms with Crippen molar-refractivity contribution in [3.63, 3.8) is 0 Å². The van der Waals surface area contributed by atoms with Gasteiger partial charge in [0.15, 0.2) is 0 Å². The smallest absolute Gasteiger partial charge is 0.256 e. The Morgan fingerprint density at radius 1 is 1.27 bits per heavy atom. The number of hydrogen-bond donors (Lipinski definition) is 0. The molecule has 1 fully saturated rings. The molecule has 138 valence electrons. The quantitative estimate of drug-likeness (QED) is 0.800. The second kappa shape index (κ2) is 7.19. The highest BCUT2D eigenvalue weighted by molar-refractivity contribution is 5.94. The topological polar surface area (TPSA) is 60.2 Å². The summed E-state index contributed by atoms with van der Waals surface area (Å²) in [6, 6.07) is 3.66. The molecule has 1 atom stereocenters. The molecule has 26 heavy (non-hydrogen) atoms. The Balaban J connectivity index is 1.60. The molecule has 4 rings (SSSR count). The fourth-order valence-corrected chi connectivity index (χ4v) is 3.61. The lowest BCUT2D eigenvalue weighted by Crippen LogP contribution is -2.43. The average Bonchev–Trinajstić information content (AvgIpc) is 3.38. The van der Waals surface area contributed by atoms with Gasteiger partial charge in [0, 0.05) is 31.6 Å². The number of aromatic nitrogens is 3. The molecule has 2 aliphatic rings. The molecule has 2 aromatic heterocycles. The van der Waals surface area contributed by atoms with Crippen molar-refractivity contribution in [1.82, 2.24) is 19.7 Å². The third-order valence-electron chi connectivity index (χ3n) is 5.32. The summed E-state index contributed by atoms with van der Waals surface area (Å²) in [5.41, 5.74) is 3.91. The molecule has 0 bridgehead atoms. The summed E-state index contributed by atoms with van der Waals surface area (Å²) in [6.07, 6.45) is 6.98. The molecule has 0 radical (unpaired) electrons. The van der Waals surface area contributed by atoms with E-state index < -0.39 is 0 Å². The summed E-state index contributed by atoms with van der Waals surface area (Å²) in [5.74, 6) is 0.728. The van der Waals surface area contributed by atoms with Crippen molar-refractivity contribution in [3.8, 4) is 0 Å². The van der Waals surface area contributed by atoms with E-state index in [-0.39, 0.29) is 11.9 Å². The van der Waals surface area contributed by atoms with Gasteiger partial charge in [-0.3, -0.25) is 14.5 Å². The lowest BCUT2D eigenvalue weighted by molar-refractivity contribution is 0.0345. The van der Waals surface area contributed by atoms with Gasteiger partial charge in [-0.25, -0.2) is 0 Å². The minimum atomic E-state index is -0.0891. The van der Waals surface area contributed by atoms with Crippen LogP contribution in [0.2, 0.25) is 0 Å².